The van der Waals surface area contributed by atoms with Gasteiger partial charge in [0.05, 0.1) is 5.56 Å². The molecular formula is C12H19ClN2O2. The van der Waals surface area contributed by atoms with Crippen LogP contribution in [0, 0.1) is 13.8 Å². The van der Waals surface area contributed by atoms with Crippen LogP contribution in [-0.4, -0.2) is 25.0 Å². The van der Waals surface area contributed by atoms with Crippen molar-refractivity contribution in [3.63, 3.8) is 0 Å². The van der Waals surface area contributed by atoms with Crippen molar-refractivity contribution in [1.29, 1.82) is 0 Å². The van der Waals surface area contributed by atoms with E-state index in [1.165, 1.54) is 0 Å². The van der Waals surface area contributed by atoms with Crippen molar-refractivity contribution in [2.24, 2.45) is 0 Å². The third kappa shape index (κ3) is 3.48. The number of halogens is 1. The zero-order valence-electron chi connectivity index (χ0n) is 10.2. The van der Waals surface area contributed by atoms with Gasteiger partial charge in [0.15, 0.2) is 0 Å². The summed E-state index contributed by atoms with van der Waals surface area (Å²) in [7, 11) is 0. The second-order valence-corrected chi connectivity index (χ2v) is 4.34. The van der Waals surface area contributed by atoms with E-state index in [2.05, 4.69) is 10.6 Å². The molecular weight excluding hydrogens is 240 g/mol. The van der Waals surface area contributed by atoms with Gasteiger partial charge in [-0.15, -0.1) is 12.4 Å². The van der Waals surface area contributed by atoms with Crippen LogP contribution in [-0.2, 0) is 0 Å². The lowest BCUT2D eigenvalue weighted by Gasteiger charge is -2.23. The SMILES string of the molecule is Cc1cc(C(=O)N[C@H]2CCCNC2)c(C)o1.Cl. The molecule has 1 aliphatic rings. The number of hydrogen-bond donors (Lipinski definition) is 2. The van der Waals surface area contributed by atoms with Gasteiger partial charge in [0.25, 0.3) is 5.91 Å². The Labute approximate surface area is 108 Å². The highest BCUT2D eigenvalue weighted by Gasteiger charge is 2.19. The molecule has 5 heteroatoms. The quantitative estimate of drug-likeness (QED) is 0.851. The van der Waals surface area contributed by atoms with E-state index in [-0.39, 0.29) is 24.4 Å². The molecule has 0 unspecified atom stereocenters. The van der Waals surface area contributed by atoms with Crippen LogP contribution in [0.1, 0.15) is 34.7 Å². The number of rotatable bonds is 2. The number of carbonyl (C=O) groups is 1. The molecule has 0 aromatic carbocycles. The number of aryl methyl sites for hydroxylation is 2. The average molecular weight is 259 g/mol. The van der Waals surface area contributed by atoms with Gasteiger partial charge in [-0.2, -0.15) is 0 Å². The molecule has 1 atom stereocenters. The minimum absolute atomic E-state index is 0. The highest BCUT2D eigenvalue weighted by atomic mass is 35.5. The van der Waals surface area contributed by atoms with Crippen molar-refractivity contribution in [2.45, 2.75) is 32.7 Å². The van der Waals surface area contributed by atoms with Crippen LogP contribution in [0.4, 0.5) is 0 Å². The van der Waals surface area contributed by atoms with Gasteiger partial charge in [-0.05, 0) is 39.3 Å². The number of furan rings is 1. The third-order valence-corrected chi connectivity index (χ3v) is 2.92. The van der Waals surface area contributed by atoms with Gasteiger partial charge in [0.1, 0.15) is 11.5 Å². The van der Waals surface area contributed by atoms with E-state index in [9.17, 15) is 4.79 Å². The van der Waals surface area contributed by atoms with Gasteiger partial charge >= 0.3 is 0 Å². The summed E-state index contributed by atoms with van der Waals surface area (Å²) in [6, 6.07) is 2.04. The molecule has 0 spiro atoms. The van der Waals surface area contributed by atoms with Crippen molar-refractivity contribution in [3.05, 3.63) is 23.2 Å². The molecule has 2 rings (SSSR count). The van der Waals surface area contributed by atoms with Gasteiger partial charge in [0, 0.05) is 12.6 Å². The first kappa shape index (κ1) is 14.1. The summed E-state index contributed by atoms with van der Waals surface area (Å²) in [6.45, 7) is 5.59. The molecule has 0 saturated carbocycles. The standard InChI is InChI=1S/C12H18N2O2.ClH/c1-8-6-11(9(2)16-8)12(15)14-10-4-3-5-13-7-10;/h6,10,13H,3-5,7H2,1-2H3,(H,14,15);1H/t10-;/m0./s1. The topological polar surface area (TPSA) is 54.3 Å². The normalized spacial score (nSPS) is 19.5. The molecule has 2 N–H and O–H groups in total. The Kier molecular flexibility index (Phi) is 5.02. The van der Waals surface area contributed by atoms with E-state index in [0.717, 1.165) is 31.7 Å². The molecule has 0 radical (unpaired) electrons. The highest BCUT2D eigenvalue weighted by molar-refractivity contribution is 5.95. The Morgan fingerprint density at radius 1 is 1.53 bits per heavy atom. The summed E-state index contributed by atoms with van der Waals surface area (Å²) in [5.74, 6) is 1.45. The molecule has 0 bridgehead atoms. The number of nitrogens with one attached hydrogen (secondary N) is 2. The fourth-order valence-electron chi connectivity index (χ4n) is 2.09. The lowest BCUT2D eigenvalue weighted by atomic mass is 10.1. The number of hydrogen-bond acceptors (Lipinski definition) is 3. The smallest absolute Gasteiger partial charge is 0.255 e. The Hall–Kier alpha value is -1.000. The zero-order valence-corrected chi connectivity index (χ0v) is 11.0. The van der Waals surface area contributed by atoms with E-state index < -0.39 is 0 Å². The van der Waals surface area contributed by atoms with Crippen molar-refractivity contribution in [2.75, 3.05) is 13.1 Å². The predicted octanol–water partition coefficient (Wildman–Crippen LogP) is 1.80. The zero-order chi connectivity index (χ0) is 11.5. The first-order chi connectivity index (χ1) is 7.66. The Morgan fingerprint density at radius 2 is 2.29 bits per heavy atom. The van der Waals surface area contributed by atoms with Crippen molar-refractivity contribution >= 4 is 18.3 Å². The maximum atomic E-state index is 11.9. The summed E-state index contributed by atoms with van der Waals surface area (Å²) in [6.07, 6.45) is 2.17. The second-order valence-electron chi connectivity index (χ2n) is 4.34. The molecule has 2 heterocycles. The highest BCUT2D eigenvalue weighted by Crippen LogP contribution is 2.14. The van der Waals surface area contributed by atoms with Crippen LogP contribution in [0.25, 0.3) is 0 Å². The molecule has 1 aliphatic heterocycles. The van der Waals surface area contributed by atoms with Crippen molar-refractivity contribution < 1.29 is 9.21 Å². The Morgan fingerprint density at radius 3 is 2.82 bits per heavy atom. The fourth-order valence-corrected chi connectivity index (χ4v) is 2.09. The van der Waals surface area contributed by atoms with E-state index in [1.807, 2.05) is 13.8 Å². The first-order valence-electron chi connectivity index (χ1n) is 5.75. The lowest BCUT2D eigenvalue weighted by Crippen LogP contribution is -2.45. The maximum absolute atomic E-state index is 11.9. The Bertz CT molecular complexity index is 384. The van der Waals surface area contributed by atoms with Crippen LogP contribution in [0.15, 0.2) is 10.5 Å². The van der Waals surface area contributed by atoms with Crippen molar-refractivity contribution in [1.82, 2.24) is 10.6 Å². The van der Waals surface area contributed by atoms with Gasteiger partial charge in [-0.25, -0.2) is 0 Å². The van der Waals surface area contributed by atoms with Gasteiger partial charge in [-0.3, -0.25) is 4.79 Å². The molecule has 1 aromatic rings. The molecule has 0 aliphatic carbocycles. The lowest BCUT2D eigenvalue weighted by molar-refractivity contribution is 0.0929. The largest absolute Gasteiger partial charge is 0.466 e. The Balaban J connectivity index is 0.00000144. The van der Waals surface area contributed by atoms with Crippen LogP contribution in [0.5, 0.6) is 0 Å². The number of amides is 1. The van der Waals surface area contributed by atoms with Crippen LogP contribution < -0.4 is 10.6 Å². The summed E-state index contributed by atoms with van der Waals surface area (Å²) in [5.41, 5.74) is 0.656. The molecule has 17 heavy (non-hydrogen) atoms. The average Bonchev–Trinajstić information content (AvgIpc) is 2.59. The molecule has 1 saturated heterocycles. The summed E-state index contributed by atoms with van der Waals surface area (Å²) < 4.78 is 5.35. The minimum atomic E-state index is -0.0250. The second kappa shape index (κ2) is 6.07. The number of carbonyl (C=O) groups excluding carboxylic acids is 1. The summed E-state index contributed by atoms with van der Waals surface area (Å²) in [4.78, 5) is 11.9. The van der Waals surface area contributed by atoms with Gasteiger partial charge in [0.2, 0.25) is 0 Å². The van der Waals surface area contributed by atoms with E-state index in [0.29, 0.717) is 11.3 Å². The van der Waals surface area contributed by atoms with Crippen LogP contribution >= 0.6 is 12.4 Å². The third-order valence-electron chi connectivity index (χ3n) is 2.92. The van der Waals surface area contributed by atoms with Gasteiger partial charge < -0.3 is 15.1 Å². The minimum Gasteiger partial charge on any atom is -0.466 e. The molecule has 1 aromatic heterocycles. The maximum Gasteiger partial charge on any atom is 0.255 e. The monoisotopic (exact) mass is 258 g/mol. The van der Waals surface area contributed by atoms with Crippen LogP contribution in [0.3, 0.4) is 0 Å². The van der Waals surface area contributed by atoms with Crippen molar-refractivity contribution in [3.8, 4) is 0 Å². The summed E-state index contributed by atoms with van der Waals surface area (Å²) in [5, 5.41) is 6.30. The molecule has 1 fully saturated rings. The summed E-state index contributed by atoms with van der Waals surface area (Å²) >= 11 is 0. The van der Waals surface area contributed by atoms with E-state index >= 15 is 0 Å². The molecule has 96 valence electrons. The van der Waals surface area contributed by atoms with Gasteiger partial charge in [-0.1, -0.05) is 0 Å². The fraction of sp³-hybridized carbons (Fsp3) is 0.583. The molecule has 4 nitrogen and oxygen atoms in total. The first-order valence-corrected chi connectivity index (χ1v) is 5.75. The van der Waals surface area contributed by atoms with Crippen LogP contribution in [0.2, 0.25) is 0 Å². The molecule has 1 amide bonds. The number of piperidine rings is 1. The predicted molar refractivity (Wildman–Crippen MR) is 68.8 cm³/mol. The van der Waals surface area contributed by atoms with E-state index in [1.54, 1.807) is 6.07 Å². The van der Waals surface area contributed by atoms with E-state index in [4.69, 9.17) is 4.42 Å².